The van der Waals surface area contributed by atoms with Gasteiger partial charge >= 0.3 is 9.92 Å². The maximum Gasteiger partial charge on any atom is 0.345 e. The van der Waals surface area contributed by atoms with Gasteiger partial charge < -0.3 is 5.73 Å². The number of fused-ring (bicyclic) bond motifs is 2. The molecule has 6 rings (SSSR count). The standard InChI is InChI=1S/C27H25N9S2/c1-33-23(17-35-11-13-37-26(33)35)21-7-3-19(4-8-21)15-29-31-25(28)32-30-16-20-5-9-22(10-6-20)24-18-36-12-14-38-27(36)34(24)2/h3-18H,1-2H3,(H3,28,31,32)/q+2/b29-15+,30-16+. The highest BCUT2D eigenvalue weighted by Gasteiger charge is 2.17. The van der Waals surface area contributed by atoms with Crippen molar-refractivity contribution < 1.29 is 8.80 Å². The van der Waals surface area contributed by atoms with Crippen molar-refractivity contribution in [2.75, 3.05) is 0 Å². The van der Waals surface area contributed by atoms with E-state index in [9.17, 15) is 0 Å². The molecule has 4 aromatic heterocycles. The molecule has 11 heteroatoms. The lowest BCUT2D eigenvalue weighted by molar-refractivity contribution is -0.505. The summed E-state index contributed by atoms with van der Waals surface area (Å²) in [7, 11) is 4.15. The summed E-state index contributed by atoms with van der Waals surface area (Å²) in [6, 6.07) is 16.3. The highest BCUT2D eigenvalue weighted by molar-refractivity contribution is 7.14. The van der Waals surface area contributed by atoms with Gasteiger partial charge in [-0.15, -0.1) is 5.10 Å². The highest BCUT2D eigenvalue weighted by atomic mass is 32.1. The third kappa shape index (κ3) is 4.60. The zero-order valence-corrected chi connectivity index (χ0v) is 22.4. The Morgan fingerprint density at radius 1 is 0.789 bits per heavy atom. The molecule has 0 fully saturated rings. The average Bonchev–Trinajstić information content (AvgIpc) is 3.70. The van der Waals surface area contributed by atoms with Crippen LogP contribution in [0.3, 0.4) is 0 Å². The molecule has 0 saturated carbocycles. The number of nitrogens with two attached hydrogens (primary N) is 1. The first-order valence-corrected chi connectivity index (χ1v) is 13.6. The SMILES string of the molecule is Cn1c(-c2ccc(/C=N/N=C(\N)N/N=C/c3ccc(-c4c[n+]5ccsc5n4C)cc3)cc2)c[n+]2ccsc12. The zero-order chi connectivity index (χ0) is 26.1. The fourth-order valence-electron chi connectivity index (χ4n) is 4.28. The Hall–Kier alpha value is -4.61. The molecular weight excluding hydrogens is 514 g/mol. The number of hydrogen-bond donors (Lipinski definition) is 2. The average molecular weight is 540 g/mol. The number of hydrazone groups is 1. The predicted octanol–water partition coefficient (Wildman–Crippen LogP) is 3.57. The fraction of sp³-hybridized carbons (Fsp3) is 0.0741. The van der Waals surface area contributed by atoms with Crippen LogP contribution in [-0.2, 0) is 14.1 Å². The van der Waals surface area contributed by atoms with Crippen LogP contribution in [0.1, 0.15) is 11.1 Å². The minimum atomic E-state index is 0.104. The quantitative estimate of drug-likeness (QED) is 0.147. The molecule has 0 bridgehead atoms. The number of benzene rings is 2. The van der Waals surface area contributed by atoms with Gasteiger partial charge in [-0.3, -0.25) is 0 Å². The van der Waals surface area contributed by atoms with Gasteiger partial charge in [0.15, 0.2) is 11.4 Å². The van der Waals surface area contributed by atoms with Crippen LogP contribution in [0.15, 0.2) is 99.4 Å². The number of nitrogens with one attached hydrogen (secondary N) is 1. The van der Waals surface area contributed by atoms with E-state index in [4.69, 9.17) is 5.73 Å². The predicted molar refractivity (Wildman–Crippen MR) is 154 cm³/mol. The minimum Gasteiger partial charge on any atom is -0.367 e. The lowest BCUT2D eigenvalue weighted by Crippen LogP contribution is -2.26. The molecule has 38 heavy (non-hydrogen) atoms. The molecule has 0 aliphatic rings. The van der Waals surface area contributed by atoms with Crippen LogP contribution in [0.2, 0.25) is 0 Å². The summed E-state index contributed by atoms with van der Waals surface area (Å²) >= 11 is 3.43. The van der Waals surface area contributed by atoms with Crippen LogP contribution in [0.4, 0.5) is 0 Å². The van der Waals surface area contributed by atoms with E-state index in [1.165, 1.54) is 9.92 Å². The van der Waals surface area contributed by atoms with Gasteiger partial charge in [-0.1, -0.05) is 46.9 Å². The van der Waals surface area contributed by atoms with Crippen molar-refractivity contribution in [1.82, 2.24) is 14.6 Å². The Labute approximate surface area is 226 Å². The summed E-state index contributed by atoms with van der Waals surface area (Å²) in [4.78, 5) is 2.38. The van der Waals surface area contributed by atoms with E-state index < -0.39 is 0 Å². The summed E-state index contributed by atoms with van der Waals surface area (Å²) in [5, 5.41) is 16.4. The second-order valence-electron chi connectivity index (χ2n) is 8.68. The smallest absolute Gasteiger partial charge is 0.345 e. The van der Waals surface area contributed by atoms with Gasteiger partial charge in [0.25, 0.3) is 0 Å². The third-order valence-electron chi connectivity index (χ3n) is 6.23. The Morgan fingerprint density at radius 3 is 1.79 bits per heavy atom. The van der Waals surface area contributed by atoms with Gasteiger partial charge in [0.2, 0.25) is 5.96 Å². The van der Waals surface area contributed by atoms with Crippen molar-refractivity contribution in [2.24, 2.45) is 35.1 Å². The van der Waals surface area contributed by atoms with Crippen LogP contribution in [0.25, 0.3) is 32.4 Å². The number of aromatic nitrogens is 4. The molecule has 9 nitrogen and oxygen atoms in total. The largest absolute Gasteiger partial charge is 0.367 e. The Morgan fingerprint density at radius 2 is 1.29 bits per heavy atom. The van der Waals surface area contributed by atoms with E-state index in [-0.39, 0.29) is 5.96 Å². The molecule has 3 N–H and O–H groups in total. The first-order valence-electron chi connectivity index (χ1n) is 11.8. The summed E-state index contributed by atoms with van der Waals surface area (Å²) in [5.74, 6) is 0.104. The van der Waals surface area contributed by atoms with E-state index in [1.807, 2.05) is 24.3 Å². The molecule has 0 amide bonds. The topological polar surface area (TPSA) is 93.2 Å². The first kappa shape index (κ1) is 23.8. The molecule has 0 unspecified atom stereocenters. The maximum absolute atomic E-state index is 5.89. The lowest BCUT2D eigenvalue weighted by Gasteiger charge is -1.99. The van der Waals surface area contributed by atoms with E-state index in [0.717, 1.165) is 33.6 Å². The summed E-state index contributed by atoms with van der Waals surface area (Å²) < 4.78 is 8.63. The number of imidazole rings is 2. The number of hydrogen-bond acceptors (Lipinski definition) is 5. The summed E-state index contributed by atoms with van der Waals surface area (Å²) in [5.41, 5.74) is 15.0. The lowest BCUT2D eigenvalue weighted by atomic mass is 10.1. The molecular formula is C27H25N9S2+2. The van der Waals surface area contributed by atoms with Crippen molar-refractivity contribution in [3.8, 4) is 22.5 Å². The number of aryl methyl sites for hydroxylation is 2. The summed E-state index contributed by atoms with van der Waals surface area (Å²) in [6.07, 6.45) is 11.7. The zero-order valence-electron chi connectivity index (χ0n) is 20.8. The molecule has 0 saturated heterocycles. The fourth-order valence-corrected chi connectivity index (χ4v) is 5.89. The second-order valence-corrected chi connectivity index (χ2v) is 10.4. The van der Waals surface area contributed by atoms with Crippen LogP contribution in [-0.4, -0.2) is 27.5 Å². The molecule has 4 heterocycles. The normalized spacial score (nSPS) is 12.5. The molecule has 0 radical (unpaired) electrons. The monoisotopic (exact) mass is 539 g/mol. The van der Waals surface area contributed by atoms with E-state index in [0.29, 0.717) is 0 Å². The maximum atomic E-state index is 5.89. The van der Waals surface area contributed by atoms with Crippen LogP contribution < -0.4 is 20.0 Å². The van der Waals surface area contributed by atoms with Crippen molar-refractivity contribution in [1.29, 1.82) is 0 Å². The van der Waals surface area contributed by atoms with Gasteiger partial charge in [-0.05, 0) is 35.4 Å². The Kier molecular flexibility index (Phi) is 6.28. The van der Waals surface area contributed by atoms with Gasteiger partial charge in [0, 0.05) is 21.9 Å². The number of guanidine groups is 1. The van der Waals surface area contributed by atoms with Gasteiger partial charge in [0.05, 0.1) is 26.5 Å². The van der Waals surface area contributed by atoms with E-state index in [2.05, 4.69) is 113 Å². The van der Waals surface area contributed by atoms with Crippen molar-refractivity contribution in [2.45, 2.75) is 0 Å². The third-order valence-corrected chi connectivity index (χ3v) is 8.14. The van der Waals surface area contributed by atoms with Gasteiger partial charge in [-0.2, -0.15) is 19.0 Å². The van der Waals surface area contributed by atoms with Crippen molar-refractivity contribution in [3.63, 3.8) is 0 Å². The number of nitrogens with zero attached hydrogens (tertiary/aromatic N) is 7. The van der Waals surface area contributed by atoms with Gasteiger partial charge in [-0.25, -0.2) is 14.6 Å². The Balaban J connectivity index is 1.05. The molecule has 0 aliphatic heterocycles. The minimum absolute atomic E-state index is 0.104. The first-order chi connectivity index (χ1) is 18.6. The van der Waals surface area contributed by atoms with Gasteiger partial charge in [0.1, 0.15) is 24.8 Å². The number of thiazole rings is 2. The molecule has 6 aromatic rings. The van der Waals surface area contributed by atoms with Crippen molar-refractivity contribution in [3.05, 3.63) is 95.2 Å². The van der Waals surface area contributed by atoms with Crippen molar-refractivity contribution >= 4 is 51.0 Å². The van der Waals surface area contributed by atoms with E-state index >= 15 is 0 Å². The van der Waals surface area contributed by atoms with E-state index in [1.54, 1.807) is 35.1 Å². The second kappa shape index (κ2) is 10.0. The highest BCUT2D eigenvalue weighted by Crippen LogP contribution is 2.22. The van der Waals surface area contributed by atoms with Crippen LogP contribution >= 0.6 is 22.7 Å². The molecule has 0 atom stereocenters. The summed E-state index contributed by atoms with van der Waals surface area (Å²) in [6.45, 7) is 0. The van der Waals surface area contributed by atoms with Crippen LogP contribution in [0, 0.1) is 0 Å². The number of rotatable bonds is 6. The molecule has 0 aliphatic carbocycles. The molecule has 0 spiro atoms. The molecule has 2 aromatic carbocycles. The molecule has 188 valence electrons. The Bertz CT molecular complexity index is 1810. The van der Waals surface area contributed by atoms with Crippen LogP contribution in [0.5, 0.6) is 0 Å².